The molecule has 0 spiro atoms. The lowest BCUT2D eigenvalue weighted by atomic mass is 10.0. The van der Waals surface area contributed by atoms with Crippen molar-refractivity contribution in [2.24, 2.45) is 16.5 Å². The van der Waals surface area contributed by atoms with E-state index in [0.717, 1.165) is 24.0 Å². The zero-order valence-electron chi connectivity index (χ0n) is 29.1. The Morgan fingerprint density at radius 2 is 1.04 bits per heavy atom. The Labute approximate surface area is 285 Å². The lowest BCUT2D eigenvalue weighted by Crippen LogP contribution is -2.49. The van der Waals surface area contributed by atoms with Crippen LogP contribution in [0.25, 0.3) is 0 Å². The molecule has 0 bridgehead atoms. The van der Waals surface area contributed by atoms with Crippen LogP contribution in [0.15, 0.2) is 65.7 Å². The third-order valence-electron chi connectivity index (χ3n) is 7.69. The minimum absolute atomic E-state index is 0.0418. The summed E-state index contributed by atoms with van der Waals surface area (Å²) < 4.78 is 0. The van der Waals surface area contributed by atoms with Gasteiger partial charge in [-0.05, 0) is 90.9 Å². The molecule has 4 unspecified atom stereocenters. The van der Waals surface area contributed by atoms with Crippen molar-refractivity contribution in [2.75, 3.05) is 20.6 Å². The van der Waals surface area contributed by atoms with Gasteiger partial charge in [-0.2, -0.15) is 0 Å². The van der Waals surface area contributed by atoms with Crippen LogP contribution in [0, 0.1) is 0 Å². The maximum atomic E-state index is 12.5. The normalized spacial score (nSPS) is 13.6. The molecule has 3 amide bonds. The van der Waals surface area contributed by atoms with Crippen LogP contribution in [0.5, 0.6) is 0 Å². The molecule has 8 N–H and O–H groups in total. The van der Waals surface area contributed by atoms with Gasteiger partial charge in [0.1, 0.15) is 0 Å². The standard InChI is InChI=1S/C19H30N4O2.C17H25N3O3/c1-14(24)18(13-16-9-5-4-6-10-16)23-19(25)17(21-3)11-7-8-12-22-15(2)20;1-12(21)15(11-13-7-4-3-5-8-13)20-17(23)14(19-2)9-6-10-16(18)22/h4-6,9-10,17-18,21H,7-8,11-13H2,1-3H3,(H2,20,22)(H,23,25);3-5,7-8,14-15,19H,6,9-11H2,1-2H3,(H2,18,22)(H,20,23). The number of nitrogens with zero attached hydrogens (tertiary/aromatic N) is 1. The van der Waals surface area contributed by atoms with Crippen molar-refractivity contribution < 1.29 is 24.0 Å². The van der Waals surface area contributed by atoms with E-state index in [0.29, 0.717) is 44.5 Å². The highest BCUT2D eigenvalue weighted by molar-refractivity contribution is 5.90. The summed E-state index contributed by atoms with van der Waals surface area (Å²) in [6.45, 7) is 5.41. The number of rotatable bonds is 21. The first-order valence-electron chi connectivity index (χ1n) is 16.5. The SMILES string of the molecule is CNC(CCCC(N)=O)C(=O)NC(Cc1ccccc1)C(C)=O.CNC(CCCCN=C(C)N)C(=O)NC(Cc1ccccc1)C(C)=O. The van der Waals surface area contributed by atoms with Crippen molar-refractivity contribution in [2.45, 2.75) is 96.3 Å². The van der Waals surface area contributed by atoms with Crippen LogP contribution in [0.1, 0.15) is 70.4 Å². The summed E-state index contributed by atoms with van der Waals surface area (Å²) in [5.41, 5.74) is 12.6. The summed E-state index contributed by atoms with van der Waals surface area (Å²) in [6.07, 6.45) is 4.64. The number of amidine groups is 1. The summed E-state index contributed by atoms with van der Waals surface area (Å²) in [5, 5.41) is 11.6. The maximum Gasteiger partial charge on any atom is 0.237 e. The number of carbonyl (C=O) groups excluding carboxylic acids is 5. The van der Waals surface area contributed by atoms with Crippen LogP contribution in [0.3, 0.4) is 0 Å². The fraction of sp³-hybridized carbons (Fsp3) is 0.500. The van der Waals surface area contributed by atoms with Gasteiger partial charge >= 0.3 is 0 Å². The first-order valence-corrected chi connectivity index (χ1v) is 16.5. The van der Waals surface area contributed by atoms with Crippen molar-refractivity contribution in [3.63, 3.8) is 0 Å². The summed E-state index contributed by atoms with van der Waals surface area (Å²) >= 11 is 0. The zero-order chi connectivity index (χ0) is 35.9. The molecule has 2 rings (SSSR count). The van der Waals surface area contributed by atoms with Gasteiger partial charge in [0.2, 0.25) is 17.7 Å². The third-order valence-corrected chi connectivity index (χ3v) is 7.69. The highest BCUT2D eigenvalue weighted by Gasteiger charge is 2.24. The predicted octanol–water partition coefficient (Wildman–Crippen LogP) is 1.98. The Hall–Kier alpha value is -4.42. The average molecular weight is 666 g/mol. The van der Waals surface area contributed by atoms with Gasteiger partial charge in [0.15, 0.2) is 11.6 Å². The molecule has 2 aromatic rings. The van der Waals surface area contributed by atoms with Gasteiger partial charge in [-0.1, -0.05) is 60.7 Å². The van der Waals surface area contributed by atoms with Crippen molar-refractivity contribution >= 4 is 35.1 Å². The number of hydrogen-bond donors (Lipinski definition) is 6. The Morgan fingerprint density at radius 1 is 0.625 bits per heavy atom. The number of hydrogen-bond acceptors (Lipinski definition) is 8. The maximum absolute atomic E-state index is 12.5. The lowest BCUT2D eigenvalue weighted by Gasteiger charge is -2.21. The highest BCUT2D eigenvalue weighted by Crippen LogP contribution is 2.08. The molecular weight excluding hydrogens is 610 g/mol. The number of likely N-dealkylation sites (N-methyl/N-ethyl adjacent to an activating group) is 2. The molecule has 264 valence electrons. The molecule has 48 heavy (non-hydrogen) atoms. The summed E-state index contributed by atoms with van der Waals surface area (Å²) in [5.74, 6) is -0.321. The number of primary amides is 1. The van der Waals surface area contributed by atoms with Crippen molar-refractivity contribution in [1.82, 2.24) is 21.3 Å². The number of aliphatic imine (C=N–C) groups is 1. The molecular formula is C36H55N7O5. The smallest absolute Gasteiger partial charge is 0.237 e. The predicted molar refractivity (Wildman–Crippen MR) is 190 cm³/mol. The molecule has 0 aliphatic rings. The molecule has 0 saturated carbocycles. The number of Topliss-reactive ketones (excluding diaryl/α,β-unsaturated/α-hetero) is 2. The van der Waals surface area contributed by atoms with Gasteiger partial charge in [0.05, 0.1) is 30.0 Å². The molecule has 12 nitrogen and oxygen atoms in total. The summed E-state index contributed by atoms with van der Waals surface area (Å²) in [6, 6.07) is 17.4. The molecule has 0 aliphatic carbocycles. The van der Waals surface area contributed by atoms with Crippen LogP contribution in [-0.4, -0.2) is 79.9 Å². The Kier molecular flexibility index (Phi) is 20.7. The molecule has 0 heterocycles. The molecule has 4 atom stereocenters. The van der Waals surface area contributed by atoms with Crippen LogP contribution < -0.4 is 32.7 Å². The minimum atomic E-state index is -0.558. The first-order chi connectivity index (χ1) is 22.9. The van der Waals surface area contributed by atoms with E-state index in [1.165, 1.54) is 13.8 Å². The number of unbranched alkanes of at least 4 members (excludes halogenated alkanes) is 1. The number of nitrogens with one attached hydrogen (secondary N) is 4. The number of amides is 3. The number of nitrogens with two attached hydrogens (primary N) is 2. The molecule has 12 heteroatoms. The Morgan fingerprint density at radius 3 is 1.40 bits per heavy atom. The Bertz CT molecular complexity index is 1300. The van der Waals surface area contributed by atoms with Crippen LogP contribution in [0.2, 0.25) is 0 Å². The van der Waals surface area contributed by atoms with Crippen LogP contribution >= 0.6 is 0 Å². The number of ketones is 2. The molecule has 0 saturated heterocycles. The van der Waals surface area contributed by atoms with Crippen molar-refractivity contribution in [3.8, 4) is 0 Å². The Balaban J connectivity index is 0.000000482. The molecule has 2 aromatic carbocycles. The van der Waals surface area contributed by atoms with E-state index in [4.69, 9.17) is 11.5 Å². The van der Waals surface area contributed by atoms with E-state index < -0.39 is 18.1 Å². The summed E-state index contributed by atoms with van der Waals surface area (Å²) in [4.78, 5) is 63.4. The van der Waals surface area contributed by atoms with Gasteiger partial charge in [-0.3, -0.25) is 29.0 Å². The topological polar surface area (TPSA) is 198 Å². The van der Waals surface area contributed by atoms with Crippen molar-refractivity contribution in [1.29, 1.82) is 0 Å². The van der Waals surface area contributed by atoms with E-state index in [9.17, 15) is 24.0 Å². The second-order valence-corrected chi connectivity index (χ2v) is 11.8. The van der Waals surface area contributed by atoms with Crippen LogP contribution in [-0.2, 0) is 36.8 Å². The monoisotopic (exact) mass is 665 g/mol. The summed E-state index contributed by atoms with van der Waals surface area (Å²) in [7, 11) is 3.43. The quantitative estimate of drug-likeness (QED) is 0.0661. The second-order valence-electron chi connectivity index (χ2n) is 11.8. The first kappa shape index (κ1) is 41.6. The van der Waals surface area contributed by atoms with Gasteiger partial charge < -0.3 is 32.7 Å². The van der Waals surface area contributed by atoms with Crippen LogP contribution in [0.4, 0.5) is 0 Å². The number of carbonyl (C=O) groups is 5. The van der Waals surface area contributed by atoms with Gasteiger partial charge in [0, 0.05) is 13.0 Å². The van der Waals surface area contributed by atoms with Gasteiger partial charge in [-0.25, -0.2) is 0 Å². The second kappa shape index (κ2) is 23.8. The highest BCUT2D eigenvalue weighted by atomic mass is 16.2. The van der Waals surface area contributed by atoms with Crippen molar-refractivity contribution in [3.05, 3.63) is 71.8 Å². The lowest BCUT2D eigenvalue weighted by molar-refractivity contribution is -0.128. The molecule has 0 aromatic heterocycles. The van der Waals surface area contributed by atoms with Gasteiger partial charge in [-0.15, -0.1) is 0 Å². The van der Waals surface area contributed by atoms with Gasteiger partial charge in [0.25, 0.3) is 0 Å². The van der Waals surface area contributed by atoms with E-state index in [1.54, 1.807) is 21.0 Å². The fourth-order valence-corrected chi connectivity index (χ4v) is 4.85. The molecule has 0 aliphatic heterocycles. The van der Waals surface area contributed by atoms with E-state index in [-0.39, 0.29) is 41.8 Å². The molecule has 0 fully saturated rings. The van der Waals surface area contributed by atoms with E-state index in [1.807, 2.05) is 60.7 Å². The number of benzene rings is 2. The molecule has 0 radical (unpaired) electrons. The minimum Gasteiger partial charge on any atom is -0.388 e. The largest absolute Gasteiger partial charge is 0.388 e. The zero-order valence-corrected chi connectivity index (χ0v) is 29.1. The third kappa shape index (κ3) is 18.1. The average Bonchev–Trinajstić information content (AvgIpc) is 3.05. The van der Waals surface area contributed by atoms with E-state index >= 15 is 0 Å². The van der Waals surface area contributed by atoms with E-state index in [2.05, 4.69) is 26.3 Å². The fourth-order valence-electron chi connectivity index (χ4n) is 4.85.